The number of amides is 1. The van der Waals surface area contributed by atoms with E-state index in [0.29, 0.717) is 24.6 Å². The van der Waals surface area contributed by atoms with Gasteiger partial charge in [-0.3, -0.25) is 4.79 Å². The van der Waals surface area contributed by atoms with Crippen LogP contribution in [-0.4, -0.2) is 43.4 Å². The second-order valence-electron chi connectivity index (χ2n) is 8.08. The van der Waals surface area contributed by atoms with Crippen LogP contribution < -0.4 is 4.74 Å². The Morgan fingerprint density at radius 2 is 1.76 bits per heavy atom. The van der Waals surface area contributed by atoms with Gasteiger partial charge in [-0.15, -0.1) is 0 Å². The Bertz CT molecular complexity index is 934. The summed E-state index contributed by atoms with van der Waals surface area (Å²) < 4.78 is 29.6. The number of hydrogen-bond donors (Lipinski definition) is 0. The highest BCUT2D eigenvalue weighted by atomic mass is 32.2. The lowest BCUT2D eigenvalue weighted by Crippen LogP contribution is -2.43. The zero-order chi connectivity index (χ0) is 21.0. The fourth-order valence-corrected chi connectivity index (χ4v) is 5.24. The lowest BCUT2D eigenvalue weighted by atomic mass is 10.0. The number of rotatable bonds is 7. The zero-order valence-corrected chi connectivity index (χ0v) is 18.1. The number of carbonyl (C=O) groups excluding carboxylic acids is 1. The van der Waals surface area contributed by atoms with Gasteiger partial charge < -0.3 is 9.64 Å². The van der Waals surface area contributed by atoms with Crippen molar-refractivity contribution >= 4 is 15.7 Å². The summed E-state index contributed by atoms with van der Waals surface area (Å²) in [5, 5.41) is 0. The molecule has 1 aliphatic rings. The molecule has 1 saturated heterocycles. The van der Waals surface area contributed by atoms with E-state index in [1.165, 1.54) is 5.56 Å². The van der Waals surface area contributed by atoms with Crippen LogP contribution in [0, 0.1) is 6.92 Å². The number of carbonyl (C=O) groups is 1. The van der Waals surface area contributed by atoms with Crippen molar-refractivity contribution in [1.82, 2.24) is 4.90 Å². The van der Waals surface area contributed by atoms with Crippen LogP contribution in [0.2, 0.25) is 0 Å². The maximum Gasteiger partial charge on any atom is 0.261 e. The van der Waals surface area contributed by atoms with Gasteiger partial charge in [0.2, 0.25) is 0 Å². The first kappa shape index (κ1) is 21.4. The van der Waals surface area contributed by atoms with E-state index in [0.717, 1.165) is 11.1 Å². The minimum Gasteiger partial charge on any atom is -0.484 e. The summed E-state index contributed by atoms with van der Waals surface area (Å²) in [6, 6.07) is 15.4. The van der Waals surface area contributed by atoms with Crippen LogP contribution in [0.5, 0.6) is 5.75 Å². The van der Waals surface area contributed by atoms with E-state index < -0.39 is 9.84 Å². The minimum absolute atomic E-state index is 0.0212. The minimum atomic E-state index is -3.09. The largest absolute Gasteiger partial charge is 0.484 e. The molecule has 156 valence electrons. The molecule has 6 heteroatoms. The highest BCUT2D eigenvalue weighted by molar-refractivity contribution is 7.91. The maximum atomic E-state index is 13.0. The van der Waals surface area contributed by atoms with Gasteiger partial charge in [0.25, 0.3) is 5.91 Å². The second-order valence-corrected chi connectivity index (χ2v) is 10.3. The number of benzene rings is 2. The molecular formula is C23H29NO4S. The molecule has 0 aliphatic carbocycles. The van der Waals surface area contributed by atoms with Gasteiger partial charge in [-0.05, 0) is 42.5 Å². The SMILES string of the molecule is Cc1ccc(OCC(=O)N(Cc2ccc(C(C)C)cc2)[C@@H]2CCS(=O)(=O)C2)cc1. The predicted molar refractivity (Wildman–Crippen MR) is 115 cm³/mol. The van der Waals surface area contributed by atoms with Crippen molar-refractivity contribution < 1.29 is 17.9 Å². The van der Waals surface area contributed by atoms with Crippen LogP contribution in [0.4, 0.5) is 0 Å². The first-order chi connectivity index (χ1) is 13.7. The Morgan fingerprint density at radius 1 is 1.10 bits per heavy atom. The smallest absolute Gasteiger partial charge is 0.261 e. The van der Waals surface area contributed by atoms with E-state index in [4.69, 9.17) is 4.74 Å². The average molecular weight is 416 g/mol. The molecule has 5 nitrogen and oxygen atoms in total. The Balaban J connectivity index is 1.73. The summed E-state index contributed by atoms with van der Waals surface area (Å²) in [4.78, 5) is 14.6. The molecule has 1 aliphatic heterocycles. The molecule has 0 saturated carbocycles. The zero-order valence-electron chi connectivity index (χ0n) is 17.3. The second kappa shape index (κ2) is 8.99. The summed E-state index contributed by atoms with van der Waals surface area (Å²) >= 11 is 0. The monoisotopic (exact) mass is 415 g/mol. The Hall–Kier alpha value is -2.34. The van der Waals surface area contributed by atoms with Crippen LogP contribution in [0.3, 0.4) is 0 Å². The van der Waals surface area contributed by atoms with Crippen LogP contribution in [0.15, 0.2) is 48.5 Å². The van der Waals surface area contributed by atoms with E-state index in [1.54, 1.807) is 4.90 Å². The highest BCUT2D eigenvalue weighted by Crippen LogP contribution is 2.22. The molecule has 1 atom stereocenters. The molecule has 1 fully saturated rings. The van der Waals surface area contributed by atoms with E-state index in [9.17, 15) is 13.2 Å². The van der Waals surface area contributed by atoms with E-state index >= 15 is 0 Å². The van der Waals surface area contributed by atoms with Gasteiger partial charge >= 0.3 is 0 Å². The van der Waals surface area contributed by atoms with Gasteiger partial charge in [0.1, 0.15) is 5.75 Å². The topological polar surface area (TPSA) is 63.7 Å². The molecule has 1 amide bonds. The van der Waals surface area contributed by atoms with Crippen molar-refractivity contribution in [3.8, 4) is 5.75 Å². The third kappa shape index (κ3) is 5.82. The van der Waals surface area contributed by atoms with Gasteiger partial charge in [-0.1, -0.05) is 55.8 Å². The molecule has 0 aromatic heterocycles. The van der Waals surface area contributed by atoms with Crippen LogP contribution >= 0.6 is 0 Å². The van der Waals surface area contributed by atoms with E-state index in [1.807, 2.05) is 43.3 Å². The average Bonchev–Trinajstić information content (AvgIpc) is 3.05. The Labute approximate surface area is 173 Å². The van der Waals surface area contributed by atoms with Crippen LogP contribution in [-0.2, 0) is 21.2 Å². The maximum absolute atomic E-state index is 13.0. The number of aryl methyl sites for hydroxylation is 1. The first-order valence-electron chi connectivity index (χ1n) is 10.0. The summed E-state index contributed by atoms with van der Waals surface area (Å²) in [7, 11) is -3.09. The van der Waals surface area contributed by atoms with Gasteiger partial charge in [-0.25, -0.2) is 8.42 Å². The molecule has 0 unspecified atom stereocenters. The molecule has 2 aromatic rings. The highest BCUT2D eigenvalue weighted by Gasteiger charge is 2.34. The van der Waals surface area contributed by atoms with Crippen LogP contribution in [0.1, 0.15) is 42.9 Å². The van der Waals surface area contributed by atoms with E-state index in [-0.39, 0.29) is 30.1 Å². The number of ether oxygens (including phenoxy) is 1. The first-order valence-corrected chi connectivity index (χ1v) is 11.8. The van der Waals surface area contributed by atoms with Crippen LogP contribution in [0.25, 0.3) is 0 Å². The summed E-state index contributed by atoms with van der Waals surface area (Å²) in [6.07, 6.45) is 0.475. The van der Waals surface area contributed by atoms with Crippen molar-refractivity contribution in [2.75, 3.05) is 18.1 Å². The summed E-state index contributed by atoms with van der Waals surface area (Å²) in [5.41, 5.74) is 3.34. The van der Waals surface area contributed by atoms with Gasteiger partial charge in [0.05, 0.1) is 11.5 Å². The number of hydrogen-bond acceptors (Lipinski definition) is 4. The Kier molecular flexibility index (Phi) is 6.63. The third-order valence-corrected chi connectivity index (χ3v) is 7.10. The van der Waals surface area contributed by atoms with Crippen molar-refractivity contribution in [2.45, 2.75) is 45.7 Å². The lowest BCUT2D eigenvalue weighted by molar-refractivity contribution is -0.136. The summed E-state index contributed by atoms with van der Waals surface area (Å²) in [5.74, 6) is 1.02. The van der Waals surface area contributed by atoms with Gasteiger partial charge in [0, 0.05) is 12.6 Å². The molecule has 2 aromatic carbocycles. The molecular weight excluding hydrogens is 386 g/mol. The Morgan fingerprint density at radius 3 is 2.31 bits per heavy atom. The summed E-state index contributed by atoms with van der Waals surface area (Å²) in [6.45, 7) is 6.54. The molecule has 0 radical (unpaired) electrons. The predicted octanol–water partition coefficient (Wildman–Crippen LogP) is 3.71. The van der Waals surface area contributed by atoms with E-state index in [2.05, 4.69) is 26.0 Å². The number of sulfone groups is 1. The molecule has 29 heavy (non-hydrogen) atoms. The van der Waals surface area contributed by atoms with Crippen molar-refractivity contribution in [3.05, 3.63) is 65.2 Å². The van der Waals surface area contributed by atoms with Gasteiger partial charge in [-0.2, -0.15) is 0 Å². The lowest BCUT2D eigenvalue weighted by Gasteiger charge is -2.28. The molecule has 0 N–H and O–H groups in total. The normalized spacial score (nSPS) is 18.0. The van der Waals surface area contributed by atoms with Crippen molar-refractivity contribution in [3.63, 3.8) is 0 Å². The standard InChI is InChI=1S/C23H29NO4S/c1-17(2)20-8-6-19(7-9-20)14-24(21-12-13-29(26,27)16-21)23(25)15-28-22-10-4-18(3)5-11-22/h4-11,17,21H,12-16H2,1-3H3/t21-/m1/s1. The third-order valence-electron chi connectivity index (χ3n) is 5.35. The molecule has 3 rings (SSSR count). The number of nitrogens with zero attached hydrogens (tertiary/aromatic N) is 1. The molecule has 1 heterocycles. The quantitative estimate of drug-likeness (QED) is 0.692. The fraction of sp³-hybridized carbons (Fsp3) is 0.435. The molecule has 0 bridgehead atoms. The van der Waals surface area contributed by atoms with Gasteiger partial charge in [0.15, 0.2) is 16.4 Å². The van der Waals surface area contributed by atoms with Crippen molar-refractivity contribution in [1.29, 1.82) is 0 Å². The van der Waals surface area contributed by atoms with Crippen molar-refractivity contribution in [2.24, 2.45) is 0 Å². The molecule has 0 spiro atoms. The fourth-order valence-electron chi connectivity index (χ4n) is 3.51.